The Morgan fingerprint density at radius 2 is 1.80 bits per heavy atom. The fourth-order valence-electron chi connectivity index (χ4n) is 3.11. The van der Waals surface area contributed by atoms with E-state index < -0.39 is 30.0 Å². The summed E-state index contributed by atoms with van der Waals surface area (Å²) in [5.41, 5.74) is -1.54. The van der Waals surface area contributed by atoms with Crippen molar-refractivity contribution in [3.05, 3.63) is 11.5 Å². The zero-order chi connectivity index (χ0) is 18.9. The Labute approximate surface area is 149 Å². The van der Waals surface area contributed by atoms with Crippen LogP contribution in [-0.4, -0.2) is 46.4 Å². The molecule has 0 aromatic carbocycles. The van der Waals surface area contributed by atoms with Crippen LogP contribution in [0.1, 0.15) is 65.7 Å². The van der Waals surface area contributed by atoms with Gasteiger partial charge in [-0.3, -0.25) is 0 Å². The highest BCUT2D eigenvalue weighted by Crippen LogP contribution is 2.41. The average Bonchev–Trinajstić information content (AvgIpc) is 2.84. The number of aliphatic hydroxyl groups excluding tert-OH is 2. The summed E-state index contributed by atoms with van der Waals surface area (Å²) in [5, 5.41) is 28.7. The summed E-state index contributed by atoms with van der Waals surface area (Å²) >= 11 is 0. The number of ether oxygens (including phenoxy) is 2. The van der Waals surface area contributed by atoms with Crippen LogP contribution < -0.4 is 0 Å². The predicted molar refractivity (Wildman–Crippen MR) is 91.4 cm³/mol. The zero-order valence-corrected chi connectivity index (χ0v) is 15.5. The summed E-state index contributed by atoms with van der Waals surface area (Å²) in [7, 11) is 0. The highest BCUT2D eigenvalue weighted by atomic mass is 17.1. The molecule has 2 atom stereocenters. The lowest BCUT2D eigenvalue weighted by atomic mass is 9.85. The van der Waals surface area contributed by atoms with Gasteiger partial charge in [-0.2, -0.15) is 0 Å². The fourth-order valence-corrected chi connectivity index (χ4v) is 3.11. The minimum atomic E-state index is -1.54. The van der Waals surface area contributed by atoms with Crippen LogP contribution >= 0.6 is 0 Å². The van der Waals surface area contributed by atoms with Crippen molar-refractivity contribution in [1.82, 2.24) is 0 Å². The van der Waals surface area contributed by atoms with E-state index in [-0.39, 0.29) is 18.1 Å². The van der Waals surface area contributed by atoms with Crippen LogP contribution in [0.3, 0.4) is 0 Å². The molecule has 1 aliphatic rings. The largest absolute Gasteiger partial charge is 0.490 e. The van der Waals surface area contributed by atoms with Crippen molar-refractivity contribution in [3.63, 3.8) is 0 Å². The monoisotopic (exact) mass is 360 g/mol. The molecule has 3 N–H and O–H groups in total. The first-order valence-electron chi connectivity index (χ1n) is 9.14. The number of rotatable bonds is 13. The average molecular weight is 360 g/mol. The summed E-state index contributed by atoms with van der Waals surface area (Å²) in [6.45, 7) is 5.64. The van der Waals surface area contributed by atoms with Crippen LogP contribution in [0.5, 0.6) is 0 Å². The van der Waals surface area contributed by atoms with E-state index in [0.717, 1.165) is 19.3 Å². The zero-order valence-electron chi connectivity index (χ0n) is 15.5. The van der Waals surface area contributed by atoms with Gasteiger partial charge in [0, 0.05) is 0 Å². The standard InChI is InChI=1S/C18H32O7/c1-4-5-6-7-8-9-10-23-16-15(25-22)17(21)24-18(16,11-13(2)3)14(20)12-19/h13-14,19-20,22H,4-12H2,1-3H3/t14-,18+/m0/s1. The smallest absolute Gasteiger partial charge is 0.382 e. The maximum absolute atomic E-state index is 12.0. The van der Waals surface area contributed by atoms with Crippen LogP contribution in [0.15, 0.2) is 11.5 Å². The van der Waals surface area contributed by atoms with Gasteiger partial charge in [0.1, 0.15) is 6.10 Å². The first-order valence-corrected chi connectivity index (χ1v) is 9.14. The third-order valence-electron chi connectivity index (χ3n) is 4.31. The molecule has 0 radical (unpaired) electrons. The lowest BCUT2D eigenvalue weighted by Crippen LogP contribution is -2.48. The van der Waals surface area contributed by atoms with Gasteiger partial charge < -0.3 is 24.6 Å². The Kier molecular flexibility index (Phi) is 9.24. The molecule has 1 rings (SSSR count). The van der Waals surface area contributed by atoms with Gasteiger partial charge in [0.25, 0.3) is 5.76 Å². The summed E-state index contributed by atoms with van der Waals surface area (Å²) < 4.78 is 11.0. The third-order valence-corrected chi connectivity index (χ3v) is 4.31. The number of esters is 1. The topological polar surface area (TPSA) is 105 Å². The van der Waals surface area contributed by atoms with E-state index in [0.29, 0.717) is 6.61 Å². The molecule has 0 spiro atoms. The SMILES string of the molecule is CCCCCCCCOC1=C(OO)C(=O)O[C@]1(CC(C)C)[C@@H](O)CO. The molecule has 0 bridgehead atoms. The van der Waals surface area contributed by atoms with Gasteiger partial charge >= 0.3 is 5.97 Å². The van der Waals surface area contributed by atoms with E-state index in [1.54, 1.807) is 0 Å². The van der Waals surface area contributed by atoms with Gasteiger partial charge in [0.15, 0.2) is 5.76 Å². The van der Waals surface area contributed by atoms with E-state index in [1.165, 1.54) is 19.3 Å². The Hall–Kier alpha value is -1.31. The van der Waals surface area contributed by atoms with Gasteiger partial charge in [-0.05, 0) is 18.8 Å². The summed E-state index contributed by atoms with van der Waals surface area (Å²) in [6.07, 6.45) is 5.28. The van der Waals surface area contributed by atoms with Crippen LogP contribution in [0.2, 0.25) is 0 Å². The lowest BCUT2D eigenvalue weighted by Gasteiger charge is -2.34. The molecule has 0 aromatic heterocycles. The van der Waals surface area contributed by atoms with Crippen molar-refractivity contribution in [2.45, 2.75) is 77.4 Å². The molecule has 0 saturated heterocycles. The van der Waals surface area contributed by atoms with Crippen LogP contribution in [-0.2, 0) is 19.2 Å². The van der Waals surface area contributed by atoms with Crippen molar-refractivity contribution in [1.29, 1.82) is 0 Å². The second-order valence-electron chi connectivity index (χ2n) is 6.94. The van der Waals surface area contributed by atoms with Crippen LogP contribution in [0.4, 0.5) is 0 Å². The molecule has 0 amide bonds. The van der Waals surface area contributed by atoms with Gasteiger partial charge in [-0.15, -0.1) is 0 Å². The van der Waals surface area contributed by atoms with E-state index in [2.05, 4.69) is 11.8 Å². The normalized spacial score (nSPS) is 21.6. The van der Waals surface area contributed by atoms with Crippen molar-refractivity contribution in [2.75, 3.05) is 13.2 Å². The molecule has 0 fully saturated rings. The second-order valence-corrected chi connectivity index (χ2v) is 6.94. The molecule has 25 heavy (non-hydrogen) atoms. The van der Waals surface area contributed by atoms with E-state index in [4.69, 9.17) is 14.7 Å². The number of cyclic esters (lactones) is 1. The molecule has 146 valence electrons. The number of hydrogen-bond acceptors (Lipinski definition) is 7. The van der Waals surface area contributed by atoms with Crippen molar-refractivity contribution < 1.29 is 34.6 Å². The molecule has 7 heteroatoms. The van der Waals surface area contributed by atoms with Crippen LogP contribution in [0.25, 0.3) is 0 Å². The molecule has 1 aliphatic heterocycles. The fraction of sp³-hybridized carbons (Fsp3) is 0.833. The van der Waals surface area contributed by atoms with Crippen molar-refractivity contribution >= 4 is 5.97 Å². The number of carbonyl (C=O) groups excluding carboxylic acids is 1. The third kappa shape index (κ3) is 5.59. The molecule has 0 aromatic rings. The number of hydrogen-bond donors (Lipinski definition) is 3. The number of unbranched alkanes of at least 4 members (excludes halogenated alkanes) is 5. The van der Waals surface area contributed by atoms with Gasteiger partial charge in [0.2, 0.25) is 5.60 Å². The molecule has 0 unspecified atom stereocenters. The highest BCUT2D eigenvalue weighted by Gasteiger charge is 2.56. The number of carbonyl (C=O) groups is 1. The van der Waals surface area contributed by atoms with Crippen molar-refractivity contribution in [2.24, 2.45) is 5.92 Å². The summed E-state index contributed by atoms with van der Waals surface area (Å²) in [4.78, 5) is 16.2. The quantitative estimate of drug-likeness (QED) is 0.201. The first-order chi connectivity index (χ1) is 11.9. The molecule has 0 aliphatic carbocycles. The Morgan fingerprint density at radius 1 is 1.16 bits per heavy atom. The second kappa shape index (κ2) is 10.6. The van der Waals surface area contributed by atoms with E-state index in [9.17, 15) is 15.0 Å². The Morgan fingerprint density at radius 3 is 2.36 bits per heavy atom. The van der Waals surface area contributed by atoms with E-state index in [1.807, 2.05) is 13.8 Å². The van der Waals surface area contributed by atoms with Gasteiger partial charge in [-0.1, -0.05) is 52.9 Å². The Bertz CT molecular complexity index is 447. The minimum Gasteiger partial charge on any atom is -0.490 e. The predicted octanol–water partition coefficient (Wildman–Crippen LogP) is 2.76. The van der Waals surface area contributed by atoms with Gasteiger partial charge in [-0.25, -0.2) is 10.1 Å². The summed E-state index contributed by atoms with van der Waals surface area (Å²) in [5.74, 6) is -1.36. The molecule has 7 nitrogen and oxygen atoms in total. The van der Waals surface area contributed by atoms with Crippen LogP contribution in [0, 0.1) is 5.92 Å². The molecule has 1 heterocycles. The number of aliphatic hydroxyl groups is 2. The maximum Gasteiger partial charge on any atom is 0.382 e. The van der Waals surface area contributed by atoms with E-state index >= 15 is 0 Å². The van der Waals surface area contributed by atoms with Crippen molar-refractivity contribution in [3.8, 4) is 0 Å². The maximum atomic E-state index is 12.0. The lowest BCUT2D eigenvalue weighted by molar-refractivity contribution is -0.211. The summed E-state index contributed by atoms with van der Waals surface area (Å²) in [6, 6.07) is 0. The molecule has 0 saturated carbocycles. The minimum absolute atomic E-state index is 0.0381. The molecular weight excluding hydrogens is 328 g/mol. The Balaban J connectivity index is 2.83. The first kappa shape index (κ1) is 21.7. The van der Waals surface area contributed by atoms with Gasteiger partial charge in [0.05, 0.1) is 13.2 Å². The highest BCUT2D eigenvalue weighted by molar-refractivity contribution is 5.90. The molecular formula is C18H32O7.